The van der Waals surface area contributed by atoms with E-state index in [-0.39, 0.29) is 17.6 Å². The molecule has 8 nitrogen and oxygen atoms in total. The first-order valence-corrected chi connectivity index (χ1v) is 8.23. The topological polar surface area (TPSA) is 107 Å². The van der Waals surface area contributed by atoms with Crippen LogP contribution in [-0.2, 0) is 0 Å². The van der Waals surface area contributed by atoms with E-state index in [0.29, 0.717) is 18.9 Å². The molecular formula is C17H18N6O2. The highest BCUT2D eigenvalue weighted by Gasteiger charge is 2.26. The van der Waals surface area contributed by atoms with Gasteiger partial charge in [0.2, 0.25) is 0 Å². The molecule has 2 aromatic heterocycles. The standard InChI is InChI=1S/C17H18N6O2/c24-16-20-15(21-22-16)13-2-1-7-23(10-13)17(25)19-14-4-3-12-9-18-6-5-11(12)8-14/h3-6,8-9,13H,1-2,7,10H2,(H,19,25)(H2,20,21,22,24). The quantitative estimate of drug-likeness (QED) is 0.665. The molecule has 0 bridgehead atoms. The number of amides is 2. The fourth-order valence-corrected chi connectivity index (χ4v) is 3.22. The molecule has 0 saturated carbocycles. The zero-order chi connectivity index (χ0) is 17.2. The Morgan fingerprint density at radius 1 is 1.28 bits per heavy atom. The number of H-pyrrole nitrogens is 2. The van der Waals surface area contributed by atoms with Gasteiger partial charge in [-0.15, -0.1) is 0 Å². The number of carbonyl (C=O) groups excluding carboxylic acids is 1. The van der Waals surface area contributed by atoms with Gasteiger partial charge in [-0.2, -0.15) is 5.10 Å². The van der Waals surface area contributed by atoms with Crippen LogP contribution in [0.15, 0.2) is 41.5 Å². The second kappa shape index (κ2) is 6.39. The number of rotatable bonds is 2. The Morgan fingerprint density at radius 3 is 3.04 bits per heavy atom. The van der Waals surface area contributed by atoms with Gasteiger partial charge in [-0.05, 0) is 36.4 Å². The summed E-state index contributed by atoms with van der Waals surface area (Å²) in [7, 11) is 0. The third kappa shape index (κ3) is 3.23. The Morgan fingerprint density at radius 2 is 2.20 bits per heavy atom. The normalized spacial score (nSPS) is 17.6. The summed E-state index contributed by atoms with van der Waals surface area (Å²) in [5.41, 5.74) is 0.432. The van der Waals surface area contributed by atoms with Crippen molar-refractivity contribution in [2.24, 2.45) is 0 Å². The van der Waals surface area contributed by atoms with Crippen molar-refractivity contribution in [3.05, 3.63) is 53.0 Å². The summed E-state index contributed by atoms with van der Waals surface area (Å²) in [6.45, 7) is 1.22. The highest BCUT2D eigenvalue weighted by molar-refractivity contribution is 5.93. The minimum absolute atomic E-state index is 0.0427. The molecule has 1 aliphatic heterocycles. The van der Waals surface area contributed by atoms with Crippen molar-refractivity contribution in [3.8, 4) is 0 Å². The molecule has 1 atom stereocenters. The molecule has 0 radical (unpaired) electrons. The van der Waals surface area contributed by atoms with Crippen molar-refractivity contribution in [1.82, 2.24) is 25.1 Å². The second-order valence-corrected chi connectivity index (χ2v) is 6.22. The van der Waals surface area contributed by atoms with Crippen LogP contribution in [0.3, 0.4) is 0 Å². The SMILES string of the molecule is O=C(Nc1ccc2cnccc2c1)N1CCCC(c2n[nH]c(=O)[nH]2)C1. The summed E-state index contributed by atoms with van der Waals surface area (Å²) in [6.07, 6.45) is 5.29. The maximum absolute atomic E-state index is 12.6. The fraction of sp³-hybridized carbons (Fsp3) is 0.294. The molecule has 1 aromatic carbocycles. The smallest absolute Gasteiger partial charge is 0.324 e. The van der Waals surface area contributed by atoms with Crippen molar-refractivity contribution in [1.29, 1.82) is 0 Å². The molecule has 8 heteroatoms. The summed E-state index contributed by atoms with van der Waals surface area (Å²) < 4.78 is 0. The van der Waals surface area contributed by atoms with Gasteiger partial charge in [0.15, 0.2) is 0 Å². The van der Waals surface area contributed by atoms with Gasteiger partial charge >= 0.3 is 11.7 Å². The van der Waals surface area contributed by atoms with Crippen LogP contribution in [0.25, 0.3) is 10.8 Å². The third-order valence-electron chi connectivity index (χ3n) is 4.51. The largest absolute Gasteiger partial charge is 0.340 e. The molecule has 0 spiro atoms. The summed E-state index contributed by atoms with van der Waals surface area (Å²) >= 11 is 0. The summed E-state index contributed by atoms with van der Waals surface area (Å²) in [4.78, 5) is 32.4. The highest BCUT2D eigenvalue weighted by Crippen LogP contribution is 2.24. The van der Waals surface area contributed by atoms with Gasteiger partial charge in [-0.3, -0.25) is 9.97 Å². The van der Waals surface area contributed by atoms with E-state index in [0.717, 1.165) is 29.3 Å². The number of nitrogens with zero attached hydrogens (tertiary/aromatic N) is 3. The van der Waals surface area contributed by atoms with Gasteiger partial charge < -0.3 is 10.2 Å². The summed E-state index contributed by atoms with van der Waals surface area (Å²) in [6, 6.07) is 7.51. The number of carbonyl (C=O) groups is 1. The summed E-state index contributed by atoms with van der Waals surface area (Å²) in [5, 5.41) is 11.4. The number of piperidine rings is 1. The number of hydrogen-bond acceptors (Lipinski definition) is 4. The number of likely N-dealkylation sites (tertiary alicyclic amines) is 1. The van der Waals surface area contributed by atoms with Crippen LogP contribution in [-0.4, -0.2) is 44.2 Å². The lowest BCUT2D eigenvalue weighted by Crippen LogP contribution is -2.41. The number of anilines is 1. The number of aromatic nitrogens is 4. The average Bonchev–Trinajstić information content (AvgIpc) is 3.08. The predicted octanol–water partition coefficient (Wildman–Crippen LogP) is 2.06. The number of benzene rings is 1. The van der Waals surface area contributed by atoms with E-state index < -0.39 is 0 Å². The van der Waals surface area contributed by atoms with Gasteiger partial charge in [-0.25, -0.2) is 14.7 Å². The molecule has 128 valence electrons. The Kier molecular flexibility index (Phi) is 3.93. The van der Waals surface area contributed by atoms with Crippen LogP contribution in [0.5, 0.6) is 0 Å². The predicted molar refractivity (Wildman–Crippen MR) is 93.5 cm³/mol. The van der Waals surface area contributed by atoms with Crippen LogP contribution >= 0.6 is 0 Å². The van der Waals surface area contributed by atoms with Gasteiger partial charge in [0.25, 0.3) is 0 Å². The van der Waals surface area contributed by atoms with Crippen molar-refractivity contribution >= 4 is 22.5 Å². The highest BCUT2D eigenvalue weighted by atomic mass is 16.2. The van der Waals surface area contributed by atoms with Crippen LogP contribution in [0, 0.1) is 0 Å². The van der Waals surface area contributed by atoms with Gasteiger partial charge in [0.05, 0.1) is 0 Å². The van der Waals surface area contributed by atoms with E-state index in [1.165, 1.54) is 0 Å². The van der Waals surface area contributed by atoms with E-state index in [9.17, 15) is 9.59 Å². The molecule has 4 rings (SSSR count). The molecule has 3 aromatic rings. The number of nitrogens with one attached hydrogen (secondary N) is 3. The lowest BCUT2D eigenvalue weighted by molar-refractivity contribution is 0.191. The van der Waals surface area contributed by atoms with E-state index in [2.05, 4.69) is 25.5 Å². The molecule has 1 unspecified atom stereocenters. The lowest BCUT2D eigenvalue weighted by Gasteiger charge is -2.31. The van der Waals surface area contributed by atoms with Gasteiger partial charge in [0.1, 0.15) is 5.82 Å². The van der Waals surface area contributed by atoms with E-state index in [1.807, 2.05) is 24.3 Å². The van der Waals surface area contributed by atoms with Crippen molar-refractivity contribution < 1.29 is 4.79 Å². The third-order valence-corrected chi connectivity index (χ3v) is 4.51. The number of aromatic amines is 2. The maximum Gasteiger partial charge on any atom is 0.340 e. The Bertz CT molecular complexity index is 963. The first kappa shape index (κ1) is 15.4. The number of urea groups is 1. The van der Waals surface area contributed by atoms with Crippen LogP contribution in [0.2, 0.25) is 0 Å². The second-order valence-electron chi connectivity index (χ2n) is 6.22. The van der Waals surface area contributed by atoms with Crippen molar-refractivity contribution in [3.63, 3.8) is 0 Å². The number of fused-ring (bicyclic) bond motifs is 1. The van der Waals surface area contributed by atoms with Crippen molar-refractivity contribution in [2.75, 3.05) is 18.4 Å². The van der Waals surface area contributed by atoms with E-state index in [1.54, 1.807) is 17.3 Å². The van der Waals surface area contributed by atoms with Gasteiger partial charge in [-0.1, -0.05) is 6.07 Å². The van der Waals surface area contributed by atoms with Crippen LogP contribution < -0.4 is 11.0 Å². The van der Waals surface area contributed by atoms with Crippen LogP contribution in [0.1, 0.15) is 24.6 Å². The first-order chi connectivity index (χ1) is 12.2. The summed E-state index contributed by atoms with van der Waals surface area (Å²) in [5.74, 6) is 0.654. The Balaban J connectivity index is 1.47. The molecule has 1 saturated heterocycles. The fourth-order valence-electron chi connectivity index (χ4n) is 3.22. The zero-order valence-electron chi connectivity index (χ0n) is 13.5. The van der Waals surface area contributed by atoms with E-state index in [4.69, 9.17) is 0 Å². The average molecular weight is 338 g/mol. The molecular weight excluding hydrogens is 320 g/mol. The molecule has 1 aliphatic rings. The van der Waals surface area contributed by atoms with E-state index >= 15 is 0 Å². The Hall–Kier alpha value is -3.16. The first-order valence-electron chi connectivity index (χ1n) is 8.23. The molecule has 25 heavy (non-hydrogen) atoms. The zero-order valence-corrected chi connectivity index (χ0v) is 13.5. The molecule has 2 amide bonds. The number of pyridine rings is 1. The Labute approximate surface area is 143 Å². The molecule has 0 aliphatic carbocycles. The number of hydrogen-bond donors (Lipinski definition) is 3. The van der Waals surface area contributed by atoms with Crippen LogP contribution in [0.4, 0.5) is 10.5 Å². The lowest BCUT2D eigenvalue weighted by atomic mass is 9.98. The molecule has 3 heterocycles. The molecule has 1 fully saturated rings. The monoisotopic (exact) mass is 338 g/mol. The minimum atomic E-state index is -0.317. The maximum atomic E-state index is 12.6. The van der Waals surface area contributed by atoms with Gasteiger partial charge in [0, 0.05) is 42.5 Å². The molecule has 3 N–H and O–H groups in total. The van der Waals surface area contributed by atoms with Crippen molar-refractivity contribution in [2.45, 2.75) is 18.8 Å². The minimum Gasteiger partial charge on any atom is -0.324 e.